The normalized spacial score (nSPS) is 10.8. The molecule has 0 radical (unpaired) electrons. The molecule has 0 saturated heterocycles. The molecule has 0 spiro atoms. The van der Waals surface area contributed by atoms with Crippen LogP contribution in [-0.4, -0.2) is 43.4 Å². The van der Waals surface area contributed by atoms with E-state index >= 15 is 0 Å². The summed E-state index contributed by atoms with van der Waals surface area (Å²) < 4.78 is 3.32. The van der Waals surface area contributed by atoms with Crippen molar-refractivity contribution in [3.63, 3.8) is 0 Å². The fourth-order valence-corrected chi connectivity index (χ4v) is 0.241. The molecule has 0 amide bonds. The summed E-state index contributed by atoms with van der Waals surface area (Å²) in [5.41, 5.74) is 0. The van der Waals surface area contributed by atoms with E-state index in [0.717, 1.165) is 0 Å². The fraction of sp³-hybridized carbons (Fsp3) is 1.00. The van der Waals surface area contributed by atoms with E-state index in [2.05, 4.69) is 19.4 Å². The molecule has 0 bridgehead atoms. The minimum absolute atomic E-state index is 0. The molecule has 13 heteroatoms. The van der Waals surface area contributed by atoms with Crippen molar-refractivity contribution in [1.29, 1.82) is 0 Å². The maximum absolute atomic E-state index is 8.42. The Labute approximate surface area is 82.5 Å². The Balaban J connectivity index is -0.000000202. The van der Waals surface area contributed by atoms with Crippen LogP contribution >= 0.6 is 0 Å². The summed E-state index contributed by atoms with van der Waals surface area (Å²) >= 11 is 0. The molecule has 0 aromatic rings. The molecule has 0 aliphatic heterocycles. The van der Waals surface area contributed by atoms with Gasteiger partial charge in [0.1, 0.15) is 0 Å². The summed E-state index contributed by atoms with van der Waals surface area (Å²) in [6.45, 7) is 0. The number of ether oxygens (including phenoxy) is 1. The third-order valence-corrected chi connectivity index (χ3v) is 0.612. The molecular weight excluding hydrogens is 226 g/mol. The van der Waals surface area contributed by atoms with Gasteiger partial charge in [0.15, 0.2) is 0 Å². The smallest absolute Gasteiger partial charge is 0.344 e. The third-order valence-electron chi connectivity index (χ3n) is 0.612. The molecule has 0 fully saturated rings. The highest BCUT2D eigenvalue weighted by molar-refractivity contribution is 4.30. The maximum atomic E-state index is 8.42. The predicted octanol–water partition coefficient (Wildman–Crippen LogP) is -1.84. The van der Waals surface area contributed by atoms with Gasteiger partial charge in [-0.15, -0.1) is 14.7 Å². The minimum Gasteiger partial charge on any atom is -0.344 e. The Kier molecular flexibility index (Phi) is 14.0. The zero-order chi connectivity index (χ0) is 9.83. The average molecular weight is 241 g/mol. The van der Waals surface area contributed by atoms with E-state index in [9.17, 15) is 0 Å². The van der Waals surface area contributed by atoms with Crippen molar-refractivity contribution in [2.24, 2.45) is 0 Å². The van der Waals surface area contributed by atoms with Crippen molar-refractivity contribution in [2.75, 3.05) is 0 Å². The number of rotatable bonds is 5. The van der Waals surface area contributed by atoms with Crippen molar-refractivity contribution >= 4 is 0 Å². The van der Waals surface area contributed by atoms with E-state index in [4.69, 9.17) is 31.1 Å². The first-order chi connectivity index (χ1) is 5.39. The van der Waals surface area contributed by atoms with Gasteiger partial charge in [0.05, 0.1) is 0 Å². The van der Waals surface area contributed by atoms with Crippen molar-refractivity contribution < 1.29 is 50.5 Å². The molecule has 0 atom stereocenters. The molecule has 0 aromatic heterocycles. The number of hydrogen-bond acceptors (Lipinski definition) is 13. The maximum Gasteiger partial charge on any atom is 0.469 e. The lowest BCUT2D eigenvalue weighted by Gasteiger charge is -2.24. The van der Waals surface area contributed by atoms with Gasteiger partial charge in [-0.3, -0.25) is 0 Å². The second-order valence-corrected chi connectivity index (χ2v) is 1.45. The quantitative estimate of drug-likeness (QED) is 0.145. The first-order valence-corrected chi connectivity index (χ1v) is 2.24. The Morgan fingerprint density at radius 3 is 1.20 bits per heavy atom. The van der Waals surface area contributed by atoms with Crippen LogP contribution in [0.2, 0.25) is 0 Å². The molecular formula is C2H15N3O10. The van der Waals surface area contributed by atoms with E-state index in [1.165, 1.54) is 0 Å². The topological polar surface area (TPSA) is 263 Å². The summed E-state index contributed by atoms with van der Waals surface area (Å²) in [7, 11) is 0. The zero-order valence-corrected chi connectivity index (χ0v) is 7.44. The van der Waals surface area contributed by atoms with Crippen molar-refractivity contribution in [1.82, 2.24) is 18.5 Å². The van der Waals surface area contributed by atoms with Crippen LogP contribution in [0.5, 0.6) is 0 Å². The lowest BCUT2D eigenvalue weighted by atomic mass is 11.0. The van der Waals surface area contributed by atoms with Gasteiger partial charge in [-0.1, -0.05) is 0 Å². The van der Waals surface area contributed by atoms with Crippen LogP contribution in [-0.2, 0) is 19.4 Å². The van der Waals surface area contributed by atoms with Gasteiger partial charge in [-0.25, -0.2) is 20.5 Å². The van der Waals surface area contributed by atoms with E-state index in [0.29, 0.717) is 0 Å². The summed E-state index contributed by atoms with van der Waals surface area (Å²) in [5.74, 6) is 0. The van der Waals surface area contributed by atoms with E-state index in [1.54, 1.807) is 0 Å². The molecule has 15 N–H and O–H groups in total. The molecule has 0 saturated carbocycles. The van der Waals surface area contributed by atoms with Gasteiger partial charge >= 0.3 is 12.3 Å². The second kappa shape index (κ2) is 8.76. The van der Waals surface area contributed by atoms with Crippen LogP contribution < -0.4 is 18.5 Å². The Morgan fingerprint density at radius 2 is 1.00 bits per heavy atom. The highest BCUT2D eigenvalue weighted by Gasteiger charge is 2.44. The molecule has 0 heterocycles. The monoisotopic (exact) mass is 241 g/mol. The fourth-order valence-electron chi connectivity index (χ4n) is 0.241. The van der Waals surface area contributed by atoms with Gasteiger partial charge in [0, 0.05) is 0 Å². The van der Waals surface area contributed by atoms with Crippen LogP contribution in [0, 0.1) is 0 Å². The van der Waals surface area contributed by atoms with Gasteiger partial charge in [-0.05, 0) is 0 Å². The standard InChI is InChI=1S/C2H6O10.3H3N/c3-1(4,10-6)9-2(5,11-7)12-8;;;/h3-8H;3*1H3. The molecule has 0 aliphatic rings. The number of aliphatic hydroxyl groups is 3. The third kappa shape index (κ3) is 8.47. The highest BCUT2D eigenvalue weighted by atomic mass is 17.3. The van der Waals surface area contributed by atoms with Gasteiger partial charge in [0.25, 0.3) is 0 Å². The van der Waals surface area contributed by atoms with Crippen LogP contribution in [0.15, 0.2) is 0 Å². The molecule has 15 heavy (non-hydrogen) atoms. The van der Waals surface area contributed by atoms with Gasteiger partial charge < -0.3 is 33.8 Å². The van der Waals surface area contributed by atoms with Crippen molar-refractivity contribution in [2.45, 2.75) is 12.3 Å². The Morgan fingerprint density at radius 1 is 0.667 bits per heavy atom. The van der Waals surface area contributed by atoms with E-state index < -0.39 is 12.3 Å². The SMILES string of the molecule is N.N.N.OOC(O)(O)OC(O)(OO)OO. The van der Waals surface area contributed by atoms with Crippen molar-refractivity contribution in [3.8, 4) is 0 Å². The Bertz CT molecular complexity index is 137. The van der Waals surface area contributed by atoms with E-state index in [1.807, 2.05) is 0 Å². The lowest BCUT2D eigenvalue weighted by molar-refractivity contribution is -0.702. The molecule has 0 unspecified atom stereocenters. The molecule has 13 nitrogen and oxygen atoms in total. The largest absolute Gasteiger partial charge is 0.469 e. The first-order valence-electron chi connectivity index (χ1n) is 2.24. The second-order valence-electron chi connectivity index (χ2n) is 1.45. The van der Waals surface area contributed by atoms with Crippen LogP contribution in [0.3, 0.4) is 0 Å². The molecule has 98 valence electrons. The van der Waals surface area contributed by atoms with Crippen LogP contribution in [0.25, 0.3) is 0 Å². The van der Waals surface area contributed by atoms with Crippen LogP contribution in [0.4, 0.5) is 0 Å². The molecule has 0 aromatic carbocycles. The molecule has 0 aliphatic carbocycles. The highest BCUT2D eigenvalue weighted by Crippen LogP contribution is 2.15. The summed E-state index contributed by atoms with van der Waals surface area (Å²) in [6.07, 6.45) is -7.34. The van der Waals surface area contributed by atoms with Gasteiger partial charge in [0.2, 0.25) is 0 Å². The molecule has 0 rings (SSSR count). The van der Waals surface area contributed by atoms with Crippen LogP contribution in [0.1, 0.15) is 0 Å². The zero-order valence-electron chi connectivity index (χ0n) is 7.44. The summed E-state index contributed by atoms with van der Waals surface area (Å²) in [5, 5.41) is 48.0. The predicted molar refractivity (Wildman–Crippen MR) is 39.4 cm³/mol. The summed E-state index contributed by atoms with van der Waals surface area (Å²) in [4.78, 5) is 8.53. The average Bonchev–Trinajstić information content (AvgIpc) is 2.04. The van der Waals surface area contributed by atoms with E-state index in [-0.39, 0.29) is 18.5 Å². The summed E-state index contributed by atoms with van der Waals surface area (Å²) in [6, 6.07) is 0. The minimum atomic E-state index is -3.74. The number of hydrogen-bond donors (Lipinski definition) is 9. The van der Waals surface area contributed by atoms with Gasteiger partial charge in [-0.2, -0.15) is 0 Å². The van der Waals surface area contributed by atoms with Crippen molar-refractivity contribution in [3.05, 3.63) is 0 Å². The Hall–Kier alpha value is -0.520. The first kappa shape index (κ1) is 24.0. The lowest BCUT2D eigenvalue weighted by Crippen LogP contribution is -2.48.